The highest BCUT2D eigenvalue weighted by Gasteiger charge is 2.34. The highest BCUT2D eigenvalue weighted by atomic mass is 16.1. The fourth-order valence-corrected chi connectivity index (χ4v) is 1.62. The summed E-state index contributed by atoms with van der Waals surface area (Å²) in [6.07, 6.45) is 1.37. The Balaban J connectivity index is 1.91. The minimum absolute atomic E-state index is 0.0715. The summed E-state index contributed by atoms with van der Waals surface area (Å²) in [7, 11) is 0. The molecule has 0 aliphatic heterocycles. The first-order chi connectivity index (χ1) is 7.16. The zero-order valence-corrected chi connectivity index (χ0v) is 8.86. The van der Waals surface area contributed by atoms with Crippen molar-refractivity contribution >= 4 is 5.91 Å². The number of hydrogen-bond donors (Lipinski definition) is 2. The lowest BCUT2D eigenvalue weighted by atomic mass is 10.1. The summed E-state index contributed by atoms with van der Waals surface area (Å²) in [4.78, 5) is 11.6. The van der Waals surface area contributed by atoms with Crippen LogP contribution in [0.25, 0.3) is 0 Å². The van der Waals surface area contributed by atoms with Crippen LogP contribution in [0, 0.1) is 6.92 Å². The lowest BCUT2D eigenvalue weighted by Gasteiger charge is -2.06. The zero-order valence-electron chi connectivity index (χ0n) is 8.86. The van der Waals surface area contributed by atoms with E-state index in [1.807, 2.05) is 31.2 Å². The van der Waals surface area contributed by atoms with Crippen LogP contribution in [0.1, 0.15) is 17.5 Å². The molecule has 0 saturated heterocycles. The fraction of sp³-hybridized carbons (Fsp3) is 0.417. The summed E-state index contributed by atoms with van der Waals surface area (Å²) in [5.74, 6) is 0.0715. The Hall–Kier alpha value is -1.35. The van der Waals surface area contributed by atoms with Crippen molar-refractivity contribution in [2.45, 2.75) is 31.8 Å². The number of benzene rings is 1. The number of nitrogens with two attached hydrogens (primary N) is 1. The molecule has 1 amide bonds. The Kier molecular flexibility index (Phi) is 2.73. The topological polar surface area (TPSA) is 55.1 Å². The van der Waals surface area contributed by atoms with E-state index in [0.29, 0.717) is 6.42 Å². The Morgan fingerprint density at radius 3 is 2.80 bits per heavy atom. The molecule has 1 aliphatic carbocycles. The van der Waals surface area contributed by atoms with Crippen molar-refractivity contribution < 1.29 is 4.79 Å². The van der Waals surface area contributed by atoms with E-state index in [-0.39, 0.29) is 18.0 Å². The Labute approximate surface area is 89.7 Å². The highest BCUT2D eigenvalue weighted by molar-refractivity contribution is 5.79. The number of amides is 1. The summed E-state index contributed by atoms with van der Waals surface area (Å²) in [6.45, 7) is 2.02. The van der Waals surface area contributed by atoms with Crippen LogP contribution in [-0.2, 0) is 11.2 Å². The van der Waals surface area contributed by atoms with Crippen molar-refractivity contribution in [2.75, 3.05) is 0 Å². The lowest BCUT2D eigenvalue weighted by molar-refractivity contribution is -0.120. The van der Waals surface area contributed by atoms with Gasteiger partial charge < -0.3 is 11.1 Å². The molecule has 1 fully saturated rings. The molecule has 3 N–H and O–H groups in total. The Morgan fingerprint density at radius 1 is 1.53 bits per heavy atom. The van der Waals surface area contributed by atoms with Gasteiger partial charge in [0.15, 0.2) is 0 Å². The van der Waals surface area contributed by atoms with E-state index in [4.69, 9.17) is 5.73 Å². The third-order valence-electron chi connectivity index (χ3n) is 2.80. The predicted molar refractivity (Wildman–Crippen MR) is 59.4 cm³/mol. The van der Waals surface area contributed by atoms with E-state index in [2.05, 4.69) is 5.32 Å². The van der Waals surface area contributed by atoms with Gasteiger partial charge in [0.1, 0.15) is 0 Å². The van der Waals surface area contributed by atoms with Crippen molar-refractivity contribution in [2.24, 2.45) is 5.73 Å². The molecular formula is C12H16N2O. The van der Waals surface area contributed by atoms with E-state index in [0.717, 1.165) is 17.5 Å². The van der Waals surface area contributed by atoms with Crippen molar-refractivity contribution in [1.29, 1.82) is 0 Å². The summed E-state index contributed by atoms with van der Waals surface area (Å²) in [6, 6.07) is 8.33. The van der Waals surface area contributed by atoms with Gasteiger partial charge >= 0.3 is 0 Å². The third kappa shape index (κ3) is 2.57. The molecule has 80 valence electrons. The van der Waals surface area contributed by atoms with Crippen LogP contribution < -0.4 is 11.1 Å². The van der Waals surface area contributed by atoms with Crippen LogP contribution in [-0.4, -0.2) is 18.0 Å². The molecule has 0 radical (unpaired) electrons. The van der Waals surface area contributed by atoms with E-state index < -0.39 is 0 Å². The van der Waals surface area contributed by atoms with Crippen molar-refractivity contribution in [3.05, 3.63) is 35.4 Å². The normalized spacial score (nSPS) is 23.6. The van der Waals surface area contributed by atoms with Gasteiger partial charge in [-0.05, 0) is 24.5 Å². The molecule has 1 aromatic rings. The number of aryl methyl sites for hydroxylation is 1. The van der Waals surface area contributed by atoms with Crippen molar-refractivity contribution in [3.63, 3.8) is 0 Å². The minimum atomic E-state index is 0.0715. The van der Waals surface area contributed by atoms with Crippen LogP contribution in [0.2, 0.25) is 0 Å². The quantitative estimate of drug-likeness (QED) is 0.763. The smallest absolute Gasteiger partial charge is 0.224 e. The largest absolute Gasteiger partial charge is 0.351 e. The zero-order chi connectivity index (χ0) is 10.8. The molecule has 1 aromatic carbocycles. The van der Waals surface area contributed by atoms with Gasteiger partial charge in [-0.2, -0.15) is 0 Å². The molecule has 0 bridgehead atoms. The van der Waals surface area contributed by atoms with Crippen LogP contribution >= 0.6 is 0 Å². The number of rotatable bonds is 3. The Morgan fingerprint density at radius 2 is 2.20 bits per heavy atom. The van der Waals surface area contributed by atoms with Crippen LogP contribution in [0.3, 0.4) is 0 Å². The molecule has 2 atom stereocenters. The summed E-state index contributed by atoms with van der Waals surface area (Å²) < 4.78 is 0. The van der Waals surface area contributed by atoms with Crippen LogP contribution in [0.15, 0.2) is 24.3 Å². The first-order valence-corrected chi connectivity index (χ1v) is 5.26. The summed E-state index contributed by atoms with van der Waals surface area (Å²) >= 11 is 0. The molecule has 2 rings (SSSR count). The van der Waals surface area contributed by atoms with E-state index >= 15 is 0 Å². The van der Waals surface area contributed by atoms with Crippen molar-refractivity contribution in [1.82, 2.24) is 5.32 Å². The molecule has 1 aliphatic rings. The molecule has 3 heteroatoms. The first kappa shape index (κ1) is 10.2. The maximum Gasteiger partial charge on any atom is 0.224 e. The third-order valence-corrected chi connectivity index (χ3v) is 2.80. The summed E-state index contributed by atoms with van der Waals surface area (Å²) in [5.41, 5.74) is 7.87. The van der Waals surface area contributed by atoms with Crippen molar-refractivity contribution in [3.8, 4) is 0 Å². The summed E-state index contributed by atoms with van der Waals surface area (Å²) in [5, 5.41) is 2.92. The van der Waals surface area contributed by atoms with E-state index in [1.54, 1.807) is 0 Å². The van der Waals surface area contributed by atoms with Gasteiger partial charge in [-0.15, -0.1) is 0 Å². The van der Waals surface area contributed by atoms with Gasteiger partial charge in [0.25, 0.3) is 0 Å². The molecule has 0 spiro atoms. The SMILES string of the molecule is Cc1ccccc1CC(=O)NC1CC1N. The van der Waals surface area contributed by atoms with Gasteiger partial charge in [-0.25, -0.2) is 0 Å². The molecule has 1 saturated carbocycles. The maximum absolute atomic E-state index is 11.6. The average molecular weight is 204 g/mol. The van der Waals surface area contributed by atoms with Crippen LogP contribution in [0.5, 0.6) is 0 Å². The number of nitrogens with one attached hydrogen (secondary N) is 1. The molecule has 3 nitrogen and oxygen atoms in total. The number of carbonyl (C=O) groups is 1. The lowest BCUT2D eigenvalue weighted by Crippen LogP contribution is -2.31. The molecular weight excluding hydrogens is 188 g/mol. The molecule has 15 heavy (non-hydrogen) atoms. The number of carbonyl (C=O) groups excluding carboxylic acids is 1. The molecule has 0 heterocycles. The standard InChI is InChI=1S/C12H16N2O/c1-8-4-2-3-5-9(8)6-12(15)14-11-7-10(11)13/h2-5,10-11H,6-7,13H2,1H3,(H,14,15). The van der Waals surface area contributed by atoms with Gasteiger partial charge in [0.2, 0.25) is 5.91 Å². The number of hydrogen-bond acceptors (Lipinski definition) is 2. The highest BCUT2D eigenvalue weighted by Crippen LogP contribution is 2.18. The van der Waals surface area contributed by atoms with E-state index in [9.17, 15) is 4.79 Å². The van der Waals surface area contributed by atoms with Gasteiger partial charge in [-0.3, -0.25) is 4.79 Å². The van der Waals surface area contributed by atoms with E-state index in [1.165, 1.54) is 0 Å². The van der Waals surface area contributed by atoms with Crippen LogP contribution in [0.4, 0.5) is 0 Å². The maximum atomic E-state index is 11.6. The van der Waals surface area contributed by atoms with Gasteiger partial charge in [0, 0.05) is 12.1 Å². The average Bonchev–Trinajstić information content (AvgIpc) is 2.86. The van der Waals surface area contributed by atoms with Gasteiger partial charge in [-0.1, -0.05) is 24.3 Å². The second kappa shape index (κ2) is 4.03. The second-order valence-electron chi connectivity index (χ2n) is 4.18. The minimum Gasteiger partial charge on any atom is -0.351 e. The first-order valence-electron chi connectivity index (χ1n) is 5.26. The van der Waals surface area contributed by atoms with Gasteiger partial charge in [0.05, 0.1) is 6.42 Å². The second-order valence-corrected chi connectivity index (χ2v) is 4.18. The fourth-order valence-electron chi connectivity index (χ4n) is 1.62. The molecule has 0 aromatic heterocycles. The molecule has 2 unspecified atom stereocenters. The monoisotopic (exact) mass is 204 g/mol. The Bertz CT molecular complexity index is 376. The predicted octanol–water partition coefficient (Wildman–Crippen LogP) is 0.753.